The first-order chi connectivity index (χ1) is 10.5. The van der Waals surface area contributed by atoms with Gasteiger partial charge < -0.3 is 0 Å². The molecule has 0 aliphatic carbocycles. The SMILES string of the molecule is C=C(C)C(=O)N[N+](CCCC)(CCCC)Cc1ccccc1. The molecule has 0 aliphatic heterocycles. The Morgan fingerprint density at radius 3 is 2.09 bits per heavy atom. The molecule has 0 heterocycles. The summed E-state index contributed by atoms with van der Waals surface area (Å²) in [6.07, 6.45) is 4.47. The fourth-order valence-electron chi connectivity index (χ4n) is 2.59. The van der Waals surface area contributed by atoms with Crippen LogP contribution in [0.4, 0.5) is 0 Å². The van der Waals surface area contributed by atoms with Gasteiger partial charge in [-0.25, -0.2) is 4.59 Å². The zero-order valence-corrected chi connectivity index (χ0v) is 14.4. The molecule has 0 bridgehead atoms. The summed E-state index contributed by atoms with van der Waals surface area (Å²) >= 11 is 0. The Morgan fingerprint density at radius 1 is 1.09 bits per heavy atom. The number of hydrogen-bond donors (Lipinski definition) is 1. The molecule has 0 saturated heterocycles. The Kier molecular flexibility index (Phi) is 7.89. The molecule has 0 radical (unpaired) electrons. The number of nitrogens with zero attached hydrogens (tertiary/aromatic N) is 1. The highest BCUT2D eigenvalue weighted by Crippen LogP contribution is 2.16. The van der Waals surface area contributed by atoms with E-state index < -0.39 is 0 Å². The molecule has 0 aliphatic rings. The average molecular weight is 303 g/mol. The number of rotatable bonds is 10. The number of carbonyl (C=O) groups excluding carboxylic acids is 1. The Bertz CT molecular complexity index is 460. The lowest BCUT2D eigenvalue weighted by Crippen LogP contribution is -2.60. The molecule has 3 nitrogen and oxygen atoms in total. The van der Waals surface area contributed by atoms with Crippen molar-refractivity contribution in [3.05, 3.63) is 48.0 Å². The van der Waals surface area contributed by atoms with Crippen molar-refractivity contribution in [2.45, 2.75) is 53.0 Å². The minimum atomic E-state index is -0.0388. The molecular formula is C19H31N2O+. The molecule has 0 aromatic heterocycles. The highest BCUT2D eigenvalue weighted by Gasteiger charge is 2.29. The van der Waals surface area contributed by atoms with E-state index in [2.05, 4.69) is 50.1 Å². The number of unbranched alkanes of at least 4 members (excludes halogenated alkanes) is 2. The van der Waals surface area contributed by atoms with Crippen molar-refractivity contribution in [1.82, 2.24) is 5.43 Å². The highest BCUT2D eigenvalue weighted by atomic mass is 16.2. The molecule has 1 amide bonds. The molecule has 1 aromatic rings. The Morgan fingerprint density at radius 2 is 1.64 bits per heavy atom. The van der Waals surface area contributed by atoms with Crippen molar-refractivity contribution in [3.63, 3.8) is 0 Å². The van der Waals surface area contributed by atoms with E-state index in [0.29, 0.717) is 10.2 Å². The average Bonchev–Trinajstić information content (AvgIpc) is 2.51. The molecule has 0 atom stereocenters. The standard InChI is InChI=1S/C19H30N2O/c1-5-7-14-21(15-8-6-2,20-19(22)17(3)4)16-18-12-10-9-11-13-18/h9-13H,3,5-8,14-16H2,1-2,4H3/p+1. The molecule has 22 heavy (non-hydrogen) atoms. The summed E-state index contributed by atoms with van der Waals surface area (Å²) in [4.78, 5) is 12.2. The second-order valence-electron chi connectivity index (χ2n) is 6.16. The van der Waals surface area contributed by atoms with Gasteiger partial charge in [-0.3, -0.25) is 4.79 Å². The summed E-state index contributed by atoms with van der Waals surface area (Å²) in [6.45, 7) is 12.7. The second kappa shape index (κ2) is 9.42. The maximum Gasteiger partial charge on any atom is 0.291 e. The van der Waals surface area contributed by atoms with Crippen LogP contribution in [0.15, 0.2) is 42.5 Å². The molecular weight excluding hydrogens is 272 g/mol. The molecule has 1 N–H and O–H groups in total. The molecule has 0 spiro atoms. The van der Waals surface area contributed by atoms with Crippen LogP contribution in [0, 0.1) is 0 Å². The van der Waals surface area contributed by atoms with E-state index in [0.717, 1.165) is 45.3 Å². The summed E-state index contributed by atoms with van der Waals surface area (Å²) in [6, 6.07) is 10.4. The van der Waals surface area contributed by atoms with Gasteiger partial charge in [0.1, 0.15) is 19.6 Å². The number of nitrogens with one attached hydrogen (secondary N) is 1. The normalized spacial score (nSPS) is 11.2. The van der Waals surface area contributed by atoms with Gasteiger partial charge in [-0.15, -0.1) is 0 Å². The topological polar surface area (TPSA) is 29.1 Å². The third-order valence-corrected chi connectivity index (χ3v) is 3.93. The fraction of sp³-hybridized carbons (Fsp3) is 0.526. The largest absolute Gasteiger partial charge is 0.291 e. The summed E-state index contributed by atoms with van der Waals surface area (Å²) in [7, 11) is 0. The molecule has 1 aromatic carbocycles. The lowest BCUT2D eigenvalue weighted by atomic mass is 10.1. The molecule has 0 unspecified atom stereocenters. The number of benzene rings is 1. The Hall–Kier alpha value is -1.61. The van der Waals surface area contributed by atoms with Gasteiger partial charge in [-0.05, 0) is 19.8 Å². The third-order valence-electron chi connectivity index (χ3n) is 3.93. The molecule has 0 fully saturated rings. The van der Waals surface area contributed by atoms with Crippen LogP contribution in [-0.4, -0.2) is 23.6 Å². The summed E-state index contributed by atoms with van der Waals surface area (Å²) < 4.78 is 0.622. The summed E-state index contributed by atoms with van der Waals surface area (Å²) in [5.74, 6) is -0.0388. The number of carbonyl (C=O) groups is 1. The molecule has 3 heteroatoms. The second-order valence-corrected chi connectivity index (χ2v) is 6.16. The third kappa shape index (κ3) is 6.02. The van der Waals surface area contributed by atoms with Gasteiger partial charge in [0, 0.05) is 11.1 Å². The number of hydrogen-bond acceptors (Lipinski definition) is 1. The number of amides is 1. The zero-order chi connectivity index (χ0) is 16.4. The van der Waals surface area contributed by atoms with E-state index in [4.69, 9.17) is 0 Å². The van der Waals surface area contributed by atoms with Crippen molar-refractivity contribution < 1.29 is 9.39 Å². The maximum atomic E-state index is 12.2. The van der Waals surface area contributed by atoms with Crippen LogP contribution in [0.2, 0.25) is 0 Å². The first-order valence-electron chi connectivity index (χ1n) is 8.41. The van der Waals surface area contributed by atoms with Gasteiger partial charge in [0.05, 0.1) is 0 Å². The van der Waals surface area contributed by atoms with Gasteiger partial charge in [0.2, 0.25) is 0 Å². The molecule has 0 saturated carbocycles. The van der Waals surface area contributed by atoms with Crippen LogP contribution in [-0.2, 0) is 11.3 Å². The van der Waals surface area contributed by atoms with Gasteiger partial charge >= 0.3 is 0 Å². The monoisotopic (exact) mass is 303 g/mol. The van der Waals surface area contributed by atoms with Crippen molar-refractivity contribution in [3.8, 4) is 0 Å². The lowest BCUT2D eigenvalue weighted by molar-refractivity contribution is -0.974. The van der Waals surface area contributed by atoms with Gasteiger partial charge in [-0.1, -0.05) is 63.6 Å². The first kappa shape index (κ1) is 18.4. The predicted octanol–water partition coefficient (Wildman–Crippen LogP) is 4.21. The highest BCUT2D eigenvalue weighted by molar-refractivity contribution is 5.91. The van der Waals surface area contributed by atoms with Gasteiger partial charge in [-0.2, -0.15) is 5.43 Å². The maximum absolute atomic E-state index is 12.2. The van der Waals surface area contributed by atoms with Crippen molar-refractivity contribution in [2.24, 2.45) is 0 Å². The summed E-state index contributed by atoms with van der Waals surface area (Å²) in [5, 5.41) is 0. The van der Waals surface area contributed by atoms with Crippen LogP contribution in [0.25, 0.3) is 0 Å². The van der Waals surface area contributed by atoms with Crippen LogP contribution >= 0.6 is 0 Å². The minimum Gasteiger partial charge on any atom is -0.265 e. The van der Waals surface area contributed by atoms with Crippen LogP contribution in [0.1, 0.15) is 52.0 Å². The fourth-order valence-corrected chi connectivity index (χ4v) is 2.59. The summed E-state index contributed by atoms with van der Waals surface area (Å²) in [5.41, 5.74) is 5.08. The zero-order valence-electron chi connectivity index (χ0n) is 14.4. The Labute approximate surface area is 135 Å². The molecule has 1 rings (SSSR count). The van der Waals surface area contributed by atoms with E-state index in [-0.39, 0.29) is 5.91 Å². The lowest BCUT2D eigenvalue weighted by Gasteiger charge is -2.38. The van der Waals surface area contributed by atoms with Gasteiger partial charge in [0.15, 0.2) is 0 Å². The van der Waals surface area contributed by atoms with E-state index in [9.17, 15) is 4.79 Å². The predicted molar refractivity (Wildman–Crippen MR) is 92.9 cm³/mol. The van der Waals surface area contributed by atoms with Crippen LogP contribution in [0.5, 0.6) is 0 Å². The van der Waals surface area contributed by atoms with Gasteiger partial charge in [0.25, 0.3) is 5.91 Å². The Balaban J connectivity index is 3.00. The van der Waals surface area contributed by atoms with E-state index in [1.165, 1.54) is 5.56 Å². The quantitative estimate of drug-likeness (QED) is 0.391. The van der Waals surface area contributed by atoms with E-state index in [1.807, 2.05) is 6.07 Å². The first-order valence-corrected chi connectivity index (χ1v) is 8.41. The van der Waals surface area contributed by atoms with Crippen molar-refractivity contribution >= 4 is 5.91 Å². The van der Waals surface area contributed by atoms with Crippen molar-refractivity contribution in [1.29, 1.82) is 0 Å². The van der Waals surface area contributed by atoms with E-state index >= 15 is 0 Å². The minimum absolute atomic E-state index is 0.0388. The van der Waals surface area contributed by atoms with E-state index in [1.54, 1.807) is 6.92 Å². The smallest absolute Gasteiger partial charge is 0.265 e. The van der Waals surface area contributed by atoms with Crippen molar-refractivity contribution in [2.75, 3.05) is 13.1 Å². The number of quaternary nitrogens is 1. The van der Waals surface area contributed by atoms with Crippen LogP contribution in [0.3, 0.4) is 0 Å². The van der Waals surface area contributed by atoms with Crippen LogP contribution < -0.4 is 5.43 Å². The molecule has 122 valence electrons.